The third-order valence-electron chi connectivity index (χ3n) is 1.62. The minimum Gasteiger partial charge on any atom is -0.272 e. The van der Waals surface area contributed by atoms with Gasteiger partial charge in [-0.2, -0.15) is 5.10 Å². The lowest BCUT2D eigenvalue weighted by Crippen LogP contribution is -2.01. The van der Waals surface area contributed by atoms with Crippen molar-refractivity contribution in [2.45, 2.75) is 26.7 Å². The molecular formula is C7H12N2S. The summed E-state index contributed by atoms with van der Waals surface area (Å²) in [4.78, 5) is 0. The molecule has 0 aromatic rings. The first-order chi connectivity index (χ1) is 4.70. The molecule has 0 aliphatic carbocycles. The highest BCUT2D eigenvalue weighted by Gasteiger charge is 2.02. The van der Waals surface area contributed by atoms with Gasteiger partial charge in [-0.05, 0) is 32.3 Å². The van der Waals surface area contributed by atoms with Gasteiger partial charge in [0.25, 0.3) is 0 Å². The molecule has 0 fully saturated rings. The summed E-state index contributed by atoms with van der Waals surface area (Å²) in [6.45, 7) is 4.09. The Labute approximate surface area is 66.8 Å². The average Bonchev–Trinajstić information content (AvgIpc) is 2.04. The van der Waals surface area contributed by atoms with Gasteiger partial charge in [-0.15, -0.1) is 12.6 Å². The molecule has 10 heavy (non-hydrogen) atoms. The van der Waals surface area contributed by atoms with Gasteiger partial charge in [-0.1, -0.05) is 0 Å². The molecule has 0 saturated carbocycles. The van der Waals surface area contributed by atoms with Crippen molar-refractivity contribution in [1.82, 2.24) is 5.43 Å². The molecule has 0 saturated heterocycles. The summed E-state index contributed by atoms with van der Waals surface area (Å²) >= 11 is 4.23. The van der Waals surface area contributed by atoms with E-state index in [-0.39, 0.29) is 0 Å². The maximum atomic E-state index is 4.23. The van der Waals surface area contributed by atoms with Crippen molar-refractivity contribution < 1.29 is 0 Å². The van der Waals surface area contributed by atoms with E-state index >= 15 is 0 Å². The Morgan fingerprint density at radius 2 is 2.10 bits per heavy atom. The molecule has 1 rings (SSSR count). The number of thiol groups is 1. The van der Waals surface area contributed by atoms with Gasteiger partial charge in [0, 0.05) is 5.71 Å². The minimum atomic E-state index is 0.900. The van der Waals surface area contributed by atoms with Crippen LogP contribution in [0.15, 0.2) is 15.7 Å². The van der Waals surface area contributed by atoms with Crippen LogP contribution in [0.25, 0.3) is 0 Å². The second kappa shape index (κ2) is 3.10. The number of hydrazone groups is 1. The number of nitrogens with zero attached hydrogens (tertiary/aromatic N) is 1. The zero-order valence-corrected chi connectivity index (χ0v) is 7.20. The Morgan fingerprint density at radius 1 is 1.40 bits per heavy atom. The van der Waals surface area contributed by atoms with E-state index < -0.39 is 0 Å². The van der Waals surface area contributed by atoms with E-state index in [0.717, 1.165) is 23.6 Å². The van der Waals surface area contributed by atoms with Crippen LogP contribution in [0, 0.1) is 0 Å². The summed E-state index contributed by atoms with van der Waals surface area (Å²) in [6.07, 6.45) is 2.12. The summed E-state index contributed by atoms with van der Waals surface area (Å²) in [6, 6.07) is 0. The molecule has 1 aliphatic rings. The standard InChI is InChI=1S/C7H12N2S/c1-5-3-4-6(2)8-9-7(5)10/h9-10H,3-4H2,1-2H3. The van der Waals surface area contributed by atoms with Crippen LogP contribution in [-0.2, 0) is 0 Å². The second-order valence-electron chi connectivity index (χ2n) is 2.59. The zero-order chi connectivity index (χ0) is 7.56. The van der Waals surface area contributed by atoms with E-state index in [2.05, 4.69) is 30.1 Å². The van der Waals surface area contributed by atoms with Gasteiger partial charge in [0.1, 0.15) is 0 Å². The maximum Gasteiger partial charge on any atom is 0.0850 e. The fourth-order valence-electron chi connectivity index (χ4n) is 0.787. The van der Waals surface area contributed by atoms with Gasteiger partial charge in [-0.3, -0.25) is 5.43 Å². The van der Waals surface area contributed by atoms with Gasteiger partial charge in [0.2, 0.25) is 0 Å². The number of rotatable bonds is 0. The quantitative estimate of drug-likeness (QED) is 0.514. The predicted octanol–water partition coefficient (Wildman–Crippen LogP) is 1.91. The molecule has 1 heterocycles. The predicted molar refractivity (Wildman–Crippen MR) is 47.2 cm³/mol. The molecule has 56 valence electrons. The fraction of sp³-hybridized carbons (Fsp3) is 0.571. The van der Waals surface area contributed by atoms with Crippen molar-refractivity contribution in [1.29, 1.82) is 0 Å². The molecule has 0 aromatic heterocycles. The van der Waals surface area contributed by atoms with Crippen LogP contribution in [0.5, 0.6) is 0 Å². The lowest BCUT2D eigenvalue weighted by molar-refractivity contribution is 0.938. The van der Waals surface area contributed by atoms with Gasteiger partial charge in [0.05, 0.1) is 5.03 Å². The molecule has 1 aliphatic heterocycles. The molecule has 2 nitrogen and oxygen atoms in total. The van der Waals surface area contributed by atoms with Crippen molar-refractivity contribution >= 4 is 18.3 Å². The molecule has 0 atom stereocenters. The molecule has 0 amide bonds. The zero-order valence-electron chi connectivity index (χ0n) is 6.31. The molecule has 0 spiro atoms. The topological polar surface area (TPSA) is 24.4 Å². The number of allylic oxidation sites excluding steroid dienone is 1. The Bertz CT molecular complexity index is 194. The summed E-state index contributed by atoms with van der Waals surface area (Å²) in [7, 11) is 0. The van der Waals surface area contributed by atoms with Crippen LogP contribution in [0.4, 0.5) is 0 Å². The molecule has 0 unspecified atom stereocenters. The third-order valence-corrected chi connectivity index (χ3v) is 2.10. The first kappa shape index (κ1) is 7.66. The lowest BCUT2D eigenvalue weighted by atomic mass is 10.1. The third kappa shape index (κ3) is 1.77. The summed E-state index contributed by atoms with van der Waals surface area (Å²) < 4.78 is 0. The largest absolute Gasteiger partial charge is 0.272 e. The van der Waals surface area contributed by atoms with Crippen LogP contribution >= 0.6 is 12.6 Å². The van der Waals surface area contributed by atoms with Crippen molar-refractivity contribution in [3.63, 3.8) is 0 Å². The van der Waals surface area contributed by atoms with Gasteiger partial charge < -0.3 is 0 Å². The van der Waals surface area contributed by atoms with E-state index in [9.17, 15) is 0 Å². The van der Waals surface area contributed by atoms with Crippen molar-refractivity contribution in [2.24, 2.45) is 5.10 Å². The van der Waals surface area contributed by atoms with E-state index in [1.54, 1.807) is 0 Å². The SMILES string of the molecule is CC1=NNC(S)=C(C)CC1. The van der Waals surface area contributed by atoms with Crippen LogP contribution in [0.2, 0.25) is 0 Å². The van der Waals surface area contributed by atoms with E-state index in [1.165, 1.54) is 5.57 Å². The Morgan fingerprint density at radius 3 is 2.80 bits per heavy atom. The number of hydrogen-bond acceptors (Lipinski definition) is 3. The summed E-state index contributed by atoms with van der Waals surface area (Å²) in [5, 5.41) is 4.99. The average molecular weight is 156 g/mol. The van der Waals surface area contributed by atoms with E-state index in [1.807, 2.05) is 6.92 Å². The normalized spacial score (nSPS) is 19.7. The van der Waals surface area contributed by atoms with Crippen molar-refractivity contribution in [3.05, 3.63) is 10.6 Å². The van der Waals surface area contributed by atoms with Crippen LogP contribution in [0.3, 0.4) is 0 Å². The van der Waals surface area contributed by atoms with E-state index in [4.69, 9.17) is 0 Å². The molecular weight excluding hydrogens is 144 g/mol. The monoisotopic (exact) mass is 156 g/mol. The second-order valence-corrected chi connectivity index (χ2v) is 3.04. The summed E-state index contributed by atoms with van der Waals surface area (Å²) in [5.41, 5.74) is 5.30. The maximum absolute atomic E-state index is 4.23. The Kier molecular flexibility index (Phi) is 2.38. The molecule has 0 aromatic carbocycles. The number of nitrogens with one attached hydrogen (secondary N) is 1. The molecule has 3 heteroatoms. The first-order valence-corrected chi connectivity index (χ1v) is 3.83. The van der Waals surface area contributed by atoms with Crippen molar-refractivity contribution in [2.75, 3.05) is 0 Å². The molecule has 1 N–H and O–H groups in total. The minimum absolute atomic E-state index is 0.900. The van der Waals surface area contributed by atoms with Crippen LogP contribution in [0.1, 0.15) is 26.7 Å². The van der Waals surface area contributed by atoms with Crippen molar-refractivity contribution in [3.8, 4) is 0 Å². The van der Waals surface area contributed by atoms with Crippen LogP contribution < -0.4 is 5.43 Å². The molecule has 0 bridgehead atoms. The number of hydrogen-bond donors (Lipinski definition) is 2. The lowest BCUT2D eigenvalue weighted by Gasteiger charge is -1.99. The van der Waals surface area contributed by atoms with Gasteiger partial charge in [0.15, 0.2) is 0 Å². The van der Waals surface area contributed by atoms with E-state index in [0.29, 0.717) is 0 Å². The fourth-order valence-corrected chi connectivity index (χ4v) is 0.948. The highest BCUT2D eigenvalue weighted by Crippen LogP contribution is 2.14. The smallest absolute Gasteiger partial charge is 0.0850 e. The highest BCUT2D eigenvalue weighted by atomic mass is 32.1. The Balaban J connectivity index is 2.70. The van der Waals surface area contributed by atoms with Crippen LogP contribution in [-0.4, -0.2) is 5.71 Å². The first-order valence-electron chi connectivity index (χ1n) is 3.38. The van der Waals surface area contributed by atoms with Gasteiger partial charge >= 0.3 is 0 Å². The van der Waals surface area contributed by atoms with Gasteiger partial charge in [-0.25, -0.2) is 0 Å². The Hall–Kier alpha value is -0.440. The highest BCUT2D eigenvalue weighted by molar-refractivity contribution is 7.84. The summed E-state index contributed by atoms with van der Waals surface area (Å²) in [5.74, 6) is 0. The molecule has 0 radical (unpaired) electrons.